The van der Waals surface area contributed by atoms with Crippen LogP contribution in [-0.4, -0.2) is 12.1 Å². The second-order valence-corrected chi connectivity index (χ2v) is 11.1. The van der Waals surface area contributed by atoms with Crippen molar-refractivity contribution in [3.05, 3.63) is 145 Å². The van der Waals surface area contributed by atoms with Gasteiger partial charge < -0.3 is 4.74 Å². The van der Waals surface area contributed by atoms with Gasteiger partial charge in [-0.05, 0) is 90.3 Å². The van der Waals surface area contributed by atoms with Crippen molar-refractivity contribution < 1.29 is 9.53 Å². The van der Waals surface area contributed by atoms with Crippen LogP contribution in [0.1, 0.15) is 28.2 Å². The average molecular weight is 722 g/mol. The number of hydrogen-bond acceptors (Lipinski definition) is 3. The molecule has 1 N–H and O–H groups in total. The normalized spacial score (nSPS) is 11.2. The van der Waals surface area contributed by atoms with Gasteiger partial charge >= 0.3 is 0 Å². The van der Waals surface area contributed by atoms with Crippen LogP contribution in [0.2, 0.25) is 0 Å². The van der Waals surface area contributed by atoms with Gasteiger partial charge in [-0.2, -0.15) is 5.10 Å². The number of carbonyl (C=O) groups is 1. The number of hydrazone groups is 1. The first kappa shape index (κ1) is 26.4. The molecular weight excluding hydrogens is 698 g/mol. The molecule has 0 spiro atoms. The van der Waals surface area contributed by atoms with Crippen molar-refractivity contribution in [1.29, 1.82) is 0 Å². The smallest absolute Gasteiger partial charge is 0.252 e. The molecule has 0 aliphatic heterocycles. The van der Waals surface area contributed by atoms with Crippen LogP contribution in [0.3, 0.4) is 0 Å². The molecule has 0 fully saturated rings. The lowest BCUT2D eigenvalue weighted by atomic mass is 9.91. The van der Waals surface area contributed by atoms with Gasteiger partial charge in [0.1, 0.15) is 12.4 Å². The summed E-state index contributed by atoms with van der Waals surface area (Å²) in [6, 6.07) is 38.1. The van der Waals surface area contributed by atoms with Crippen LogP contribution in [0, 0.1) is 7.14 Å². The maximum Gasteiger partial charge on any atom is 0.252 e. The Bertz CT molecular complexity index is 1520. The third-order valence-electron chi connectivity index (χ3n) is 6.19. The van der Waals surface area contributed by atoms with E-state index >= 15 is 0 Å². The number of fused-ring (bicyclic) bond motifs is 1. The van der Waals surface area contributed by atoms with E-state index in [2.05, 4.69) is 86.0 Å². The molecule has 188 valence electrons. The van der Waals surface area contributed by atoms with Crippen LogP contribution >= 0.6 is 45.2 Å². The highest BCUT2D eigenvalue weighted by Crippen LogP contribution is 2.30. The van der Waals surface area contributed by atoms with E-state index in [-0.39, 0.29) is 5.91 Å². The average Bonchev–Trinajstić information content (AvgIpc) is 2.94. The number of amides is 1. The van der Waals surface area contributed by atoms with Crippen molar-refractivity contribution in [2.75, 3.05) is 0 Å². The Morgan fingerprint density at radius 1 is 0.789 bits per heavy atom. The quantitative estimate of drug-likeness (QED) is 0.101. The zero-order valence-electron chi connectivity index (χ0n) is 20.4. The number of ether oxygens (including phenoxy) is 1. The van der Waals surface area contributed by atoms with Crippen LogP contribution in [0.25, 0.3) is 10.8 Å². The topological polar surface area (TPSA) is 50.7 Å². The summed E-state index contributed by atoms with van der Waals surface area (Å²) in [5, 5.41) is 6.68. The van der Waals surface area contributed by atoms with Gasteiger partial charge in [0.05, 0.1) is 19.3 Å². The van der Waals surface area contributed by atoms with E-state index in [1.165, 1.54) is 10.8 Å². The van der Waals surface area contributed by atoms with Gasteiger partial charge in [-0.3, -0.25) is 4.79 Å². The predicted octanol–water partition coefficient (Wildman–Crippen LogP) is 7.91. The van der Waals surface area contributed by atoms with E-state index in [0.717, 1.165) is 35.1 Å². The van der Waals surface area contributed by atoms with Crippen molar-refractivity contribution in [3.63, 3.8) is 0 Å². The van der Waals surface area contributed by atoms with Crippen molar-refractivity contribution in [2.45, 2.75) is 12.5 Å². The first-order valence-corrected chi connectivity index (χ1v) is 14.3. The molecule has 38 heavy (non-hydrogen) atoms. The molecule has 5 aromatic rings. The lowest BCUT2D eigenvalue weighted by Crippen LogP contribution is -2.26. The molecule has 0 heterocycles. The molecule has 1 amide bonds. The Balaban J connectivity index is 1.29. The molecule has 0 aliphatic rings. The first-order valence-electron chi connectivity index (χ1n) is 12.1. The van der Waals surface area contributed by atoms with E-state index in [9.17, 15) is 4.79 Å². The molecule has 5 rings (SSSR count). The van der Waals surface area contributed by atoms with Crippen molar-refractivity contribution >= 4 is 68.1 Å². The van der Waals surface area contributed by atoms with Gasteiger partial charge in [-0.15, -0.1) is 0 Å². The highest BCUT2D eigenvalue weighted by Gasteiger charge is 2.22. The van der Waals surface area contributed by atoms with Crippen LogP contribution in [0.15, 0.2) is 120 Å². The number of nitrogens with one attached hydrogen (secondary N) is 1. The lowest BCUT2D eigenvalue weighted by Gasteiger charge is -2.16. The molecule has 6 heteroatoms. The van der Waals surface area contributed by atoms with Crippen molar-refractivity contribution in [1.82, 2.24) is 5.43 Å². The third kappa shape index (κ3) is 6.24. The zero-order chi connectivity index (χ0) is 26.3. The van der Waals surface area contributed by atoms with E-state index in [1.807, 2.05) is 84.9 Å². The number of nitrogens with zero attached hydrogens (tertiary/aromatic N) is 1. The number of hydrogen-bond donors (Lipinski definition) is 1. The summed E-state index contributed by atoms with van der Waals surface area (Å²) < 4.78 is 8.22. The van der Waals surface area contributed by atoms with Gasteiger partial charge in [-0.1, -0.05) is 103 Å². The van der Waals surface area contributed by atoms with E-state index in [1.54, 1.807) is 6.21 Å². The summed E-state index contributed by atoms with van der Waals surface area (Å²) >= 11 is 4.57. The summed E-state index contributed by atoms with van der Waals surface area (Å²) in [4.78, 5) is 13.2. The van der Waals surface area contributed by atoms with Gasteiger partial charge in [0.2, 0.25) is 0 Å². The van der Waals surface area contributed by atoms with E-state index in [4.69, 9.17) is 4.74 Å². The fraction of sp³-hybridized carbons (Fsp3) is 0.0625. The molecule has 0 saturated heterocycles. The van der Waals surface area contributed by atoms with Crippen LogP contribution in [-0.2, 0) is 11.4 Å². The van der Waals surface area contributed by atoms with Crippen molar-refractivity contribution in [2.24, 2.45) is 5.10 Å². The van der Waals surface area contributed by atoms with Crippen LogP contribution in [0.4, 0.5) is 0 Å². The largest absolute Gasteiger partial charge is 0.487 e. The minimum Gasteiger partial charge on any atom is -0.487 e. The van der Waals surface area contributed by atoms with Gasteiger partial charge in [0.15, 0.2) is 0 Å². The number of halogens is 2. The number of carbonyl (C=O) groups excluding carboxylic acids is 1. The van der Waals surface area contributed by atoms with Crippen molar-refractivity contribution in [3.8, 4) is 5.75 Å². The molecular formula is C32H24I2N2O2. The maximum absolute atomic E-state index is 13.2. The summed E-state index contributed by atoms with van der Waals surface area (Å²) in [5.74, 6) is 0.214. The van der Waals surface area contributed by atoms with Gasteiger partial charge in [-0.25, -0.2) is 5.43 Å². The SMILES string of the molecule is O=C(N/N=C/c1cc(I)c(OCc2cccc3ccccc23)c(I)c1)C(c1ccccc1)c1ccccc1. The summed E-state index contributed by atoms with van der Waals surface area (Å²) in [5.41, 5.74) is 6.61. The summed E-state index contributed by atoms with van der Waals surface area (Å²) in [6.45, 7) is 0.483. The Labute approximate surface area is 249 Å². The molecule has 0 unspecified atom stereocenters. The van der Waals surface area contributed by atoms with E-state index < -0.39 is 5.92 Å². The Morgan fingerprint density at radius 3 is 2.03 bits per heavy atom. The minimum absolute atomic E-state index is 0.182. The molecule has 0 atom stereocenters. The van der Waals surface area contributed by atoms with Crippen LogP contribution < -0.4 is 10.2 Å². The Morgan fingerprint density at radius 2 is 1.37 bits per heavy atom. The fourth-order valence-corrected chi connectivity index (χ4v) is 6.51. The Kier molecular flexibility index (Phi) is 8.70. The molecule has 5 aromatic carbocycles. The van der Waals surface area contributed by atoms with Crippen LogP contribution in [0.5, 0.6) is 5.75 Å². The van der Waals surface area contributed by atoms with E-state index in [0.29, 0.717) is 6.61 Å². The predicted molar refractivity (Wildman–Crippen MR) is 171 cm³/mol. The van der Waals surface area contributed by atoms with Gasteiger partial charge in [0, 0.05) is 0 Å². The number of rotatable bonds is 8. The summed E-state index contributed by atoms with van der Waals surface area (Å²) in [7, 11) is 0. The second-order valence-electron chi connectivity index (χ2n) is 8.73. The zero-order valence-corrected chi connectivity index (χ0v) is 24.7. The van der Waals surface area contributed by atoms with Gasteiger partial charge in [0.25, 0.3) is 5.91 Å². The first-order chi connectivity index (χ1) is 18.6. The highest BCUT2D eigenvalue weighted by atomic mass is 127. The third-order valence-corrected chi connectivity index (χ3v) is 7.79. The Hall–Kier alpha value is -3.24. The molecule has 0 aliphatic carbocycles. The second kappa shape index (κ2) is 12.5. The fourth-order valence-electron chi connectivity index (χ4n) is 4.38. The molecule has 0 saturated carbocycles. The monoisotopic (exact) mass is 722 g/mol. The maximum atomic E-state index is 13.2. The standard InChI is InChI=1S/C32H24I2N2O2/c33-28-18-22(19-29(34)31(28)38-21-26-16-9-15-23-10-7-8-17-27(23)26)20-35-36-32(37)30(24-11-3-1-4-12-24)25-13-5-2-6-14-25/h1-20,30H,21H2,(H,36,37)/b35-20+. The minimum atomic E-state index is -0.445. The molecule has 0 aromatic heterocycles. The molecule has 0 radical (unpaired) electrons. The molecule has 0 bridgehead atoms. The summed E-state index contributed by atoms with van der Waals surface area (Å²) in [6.07, 6.45) is 1.67. The lowest BCUT2D eigenvalue weighted by molar-refractivity contribution is -0.121. The number of benzene rings is 5. The highest BCUT2D eigenvalue weighted by molar-refractivity contribution is 14.1. The molecule has 4 nitrogen and oxygen atoms in total.